The number of benzene rings is 2. The first-order valence-corrected chi connectivity index (χ1v) is 11.3. The number of carbonyl (C=O) groups is 1. The summed E-state index contributed by atoms with van der Waals surface area (Å²) in [5.41, 5.74) is 2.00. The van der Waals surface area contributed by atoms with Crippen LogP contribution in [0, 0.1) is 0 Å². The summed E-state index contributed by atoms with van der Waals surface area (Å²) in [7, 11) is -2.31. The fraction of sp³-hybridized carbons (Fsp3) is 0.350. The Hall–Kier alpha value is -2.06. The molecule has 0 fully saturated rings. The molecule has 1 aliphatic rings. The van der Waals surface area contributed by atoms with E-state index in [1.54, 1.807) is 25.2 Å². The van der Waals surface area contributed by atoms with Gasteiger partial charge in [0.2, 0.25) is 0 Å². The van der Waals surface area contributed by atoms with Crippen LogP contribution >= 0.6 is 15.9 Å². The third-order valence-electron chi connectivity index (χ3n) is 4.72. The molecule has 8 heteroatoms. The molecule has 1 N–H and O–H groups in total. The maximum absolute atomic E-state index is 13.1. The maximum atomic E-state index is 13.1. The number of fused-ring (bicyclic) bond motifs is 1. The van der Waals surface area contributed by atoms with Gasteiger partial charge in [0, 0.05) is 17.2 Å². The quantitative estimate of drug-likeness (QED) is 0.703. The monoisotopic (exact) mass is 466 g/mol. The third-order valence-corrected chi connectivity index (χ3v) is 6.56. The standard InChI is InChI=1S/C20H23BrN2O4S/c1-5-17-20(24)23(4)16-10-14(21)11-18(19(16)27-17)28(25,26)22-15-8-6-13(7-9-15)12(2)3/h6-12,17,22H,5H2,1-4H3. The van der Waals surface area contributed by atoms with Crippen molar-refractivity contribution in [3.63, 3.8) is 0 Å². The van der Waals surface area contributed by atoms with Gasteiger partial charge in [0.1, 0.15) is 4.90 Å². The number of rotatable bonds is 5. The number of sulfonamides is 1. The summed E-state index contributed by atoms with van der Waals surface area (Å²) < 4.78 is 35.2. The molecule has 0 aliphatic carbocycles. The van der Waals surface area contributed by atoms with E-state index in [9.17, 15) is 13.2 Å². The predicted molar refractivity (Wildman–Crippen MR) is 114 cm³/mol. The topological polar surface area (TPSA) is 75.7 Å². The van der Waals surface area contributed by atoms with Crippen molar-refractivity contribution in [3.8, 4) is 5.75 Å². The van der Waals surface area contributed by atoms with E-state index in [1.807, 2.05) is 19.1 Å². The van der Waals surface area contributed by atoms with Crippen LogP contribution in [0.3, 0.4) is 0 Å². The van der Waals surface area contributed by atoms with Gasteiger partial charge in [0.15, 0.2) is 11.9 Å². The highest BCUT2D eigenvalue weighted by atomic mass is 79.9. The zero-order chi connectivity index (χ0) is 20.6. The summed E-state index contributed by atoms with van der Waals surface area (Å²) in [6.07, 6.45) is -0.264. The van der Waals surface area contributed by atoms with Crippen LogP contribution in [0.4, 0.5) is 11.4 Å². The van der Waals surface area contributed by atoms with E-state index in [1.165, 1.54) is 11.0 Å². The van der Waals surface area contributed by atoms with Crippen molar-refractivity contribution in [2.75, 3.05) is 16.7 Å². The first-order valence-electron chi connectivity index (χ1n) is 9.04. The lowest BCUT2D eigenvalue weighted by Gasteiger charge is -2.32. The van der Waals surface area contributed by atoms with Crippen molar-refractivity contribution in [3.05, 3.63) is 46.4 Å². The average molecular weight is 467 g/mol. The molecular formula is C20H23BrN2O4S. The minimum Gasteiger partial charge on any atom is -0.477 e. The van der Waals surface area contributed by atoms with E-state index < -0.39 is 16.1 Å². The SMILES string of the molecule is CCC1Oc2c(cc(Br)cc2S(=O)(=O)Nc2ccc(C(C)C)cc2)N(C)C1=O. The van der Waals surface area contributed by atoms with Crippen LogP contribution < -0.4 is 14.4 Å². The van der Waals surface area contributed by atoms with E-state index in [0.717, 1.165) is 5.56 Å². The molecule has 1 amide bonds. The molecule has 150 valence electrons. The van der Waals surface area contributed by atoms with Crippen LogP contribution in [0.25, 0.3) is 0 Å². The van der Waals surface area contributed by atoms with E-state index in [-0.39, 0.29) is 16.6 Å². The van der Waals surface area contributed by atoms with Crippen LogP contribution in [-0.4, -0.2) is 27.5 Å². The summed E-state index contributed by atoms with van der Waals surface area (Å²) in [4.78, 5) is 13.8. The number of nitrogens with one attached hydrogen (secondary N) is 1. The minimum absolute atomic E-state index is 0.0115. The van der Waals surface area contributed by atoms with Crippen molar-refractivity contribution in [1.29, 1.82) is 0 Å². The van der Waals surface area contributed by atoms with Gasteiger partial charge in [-0.05, 0) is 42.2 Å². The molecular weight excluding hydrogens is 444 g/mol. The van der Waals surface area contributed by atoms with Crippen molar-refractivity contribution >= 4 is 43.2 Å². The van der Waals surface area contributed by atoms with Crippen LogP contribution in [0.15, 0.2) is 45.8 Å². The number of ether oxygens (including phenoxy) is 1. The lowest BCUT2D eigenvalue weighted by atomic mass is 10.0. The van der Waals surface area contributed by atoms with Gasteiger partial charge < -0.3 is 9.64 Å². The average Bonchev–Trinajstić information content (AvgIpc) is 2.64. The lowest BCUT2D eigenvalue weighted by Crippen LogP contribution is -2.43. The van der Waals surface area contributed by atoms with Gasteiger partial charge in [-0.1, -0.05) is 48.8 Å². The molecule has 0 aromatic heterocycles. The Kier molecular flexibility index (Phi) is 5.72. The largest absolute Gasteiger partial charge is 0.477 e. The van der Waals surface area contributed by atoms with Gasteiger partial charge in [-0.25, -0.2) is 8.42 Å². The van der Waals surface area contributed by atoms with Crippen LogP contribution in [0.2, 0.25) is 0 Å². The summed E-state index contributed by atoms with van der Waals surface area (Å²) >= 11 is 3.34. The van der Waals surface area contributed by atoms with Gasteiger partial charge in [-0.3, -0.25) is 9.52 Å². The van der Waals surface area contributed by atoms with Gasteiger partial charge in [0.05, 0.1) is 5.69 Å². The van der Waals surface area contributed by atoms with E-state index in [2.05, 4.69) is 34.5 Å². The lowest BCUT2D eigenvalue weighted by molar-refractivity contribution is -0.126. The second kappa shape index (κ2) is 7.75. The zero-order valence-electron chi connectivity index (χ0n) is 16.2. The Morgan fingerprint density at radius 3 is 2.43 bits per heavy atom. The molecule has 6 nitrogen and oxygen atoms in total. The zero-order valence-corrected chi connectivity index (χ0v) is 18.6. The third kappa shape index (κ3) is 3.89. The van der Waals surface area contributed by atoms with Gasteiger partial charge in [-0.2, -0.15) is 0 Å². The second-order valence-electron chi connectivity index (χ2n) is 7.05. The van der Waals surface area contributed by atoms with Crippen LogP contribution in [-0.2, 0) is 14.8 Å². The number of amides is 1. The normalized spacial score (nSPS) is 16.7. The number of nitrogens with zero attached hydrogens (tertiary/aromatic N) is 1. The Balaban J connectivity index is 2.03. The summed E-state index contributed by atoms with van der Waals surface area (Å²) in [5.74, 6) is 0.340. The molecule has 2 aromatic carbocycles. The molecule has 0 saturated heterocycles. The number of hydrogen-bond donors (Lipinski definition) is 1. The highest BCUT2D eigenvalue weighted by Gasteiger charge is 2.35. The van der Waals surface area contributed by atoms with Crippen molar-refractivity contribution < 1.29 is 17.9 Å². The predicted octanol–water partition coefficient (Wildman–Crippen LogP) is 4.51. The summed E-state index contributed by atoms with van der Waals surface area (Å²) in [5, 5.41) is 0. The highest BCUT2D eigenvalue weighted by molar-refractivity contribution is 9.10. The minimum atomic E-state index is -3.93. The molecule has 0 saturated carbocycles. The Labute approximate surface area is 174 Å². The number of anilines is 2. The van der Waals surface area contributed by atoms with E-state index in [0.29, 0.717) is 28.2 Å². The second-order valence-corrected chi connectivity index (χ2v) is 9.61. The molecule has 28 heavy (non-hydrogen) atoms. The molecule has 1 heterocycles. The maximum Gasteiger partial charge on any atom is 0.267 e. The smallest absolute Gasteiger partial charge is 0.267 e. The Bertz CT molecular complexity index is 1000. The van der Waals surface area contributed by atoms with Crippen molar-refractivity contribution in [1.82, 2.24) is 0 Å². The van der Waals surface area contributed by atoms with Gasteiger partial charge in [-0.15, -0.1) is 0 Å². The number of likely N-dealkylation sites (N-methyl/N-ethyl adjacent to an activating group) is 1. The number of carbonyl (C=O) groups excluding carboxylic acids is 1. The van der Waals surface area contributed by atoms with E-state index in [4.69, 9.17) is 4.74 Å². The van der Waals surface area contributed by atoms with E-state index >= 15 is 0 Å². The molecule has 2 aromatic rings. The summed E-state index contributed by atoms with van der Waals surface area (Å²) in [6, 6.07) is 10.4. The van der Waals surface area contributed by atoms with Gasteiger partial charge in [0.25, 0.3) is 15.9 Å². The first-order chi connectivity index (χ1) is 13.1. The van der Waals surface area contributed by atoms with Crippen molar-refractivity contribution in [2.24, 2.45) is 0 Å². The van der Waals surface area contributed by atoms with Crippen LogP contribution in [0.1, 0.15) is 38.7 Å². The van der Waals surface area contributed by atoms with Crippen molar-refractivity contribution in [2.45, 2.75) is 44.1 Å². The molecule has 3 rings (SSSR count). The summed E-state index contributed by atoms with van der Waals surface area (Å²) in [6.45, 7) is 5.97. The fourth-order valence-corrected chi connectivity index (χ4v) is 4.89. The molecule has 1 aliphatic heterocycles. The molecule has 1 atom stereocenters. The number of hydrogen-bond acceptors (Lipinski definition) is 4. The fourth-order valence-electron chi connectivity index (χ4n) is 3.05. The van der Waals surface area contributed by atoms with Crippen LogP contribution in [0.5, 0.6) is 5.75 Å². The Morgan fingerprint density at radius 1 is 1.21 bits per heavy atom. The highest BCUT2D eigenvalue weighted by Crippen LogP contribution is 2.42. The molecule has 0 radical (unpaired) electrons. The molecule has 0 spiro atoms. The molecule has 0 bridgehead atoms. The first kappa shape index (κ1) is 20.7. The van der Waals surface area contributed by atoms with Gasteiger partial charge >= 0.3 is 0 Å². The Morgan fingerprint density at radius 2 is 1.86 bits per heavy atom. The molecule has 1 unspecified atom stereocenters. The number of halogens is 1.